The largest absolute Gasteiger partial charge is 0.466 e. The average molecular weight is 289 g/mol. The molecule has 4 nitrogen and oxygen atoms in total. The Morgan fingerprint density at radius 2 is 1.81 bits per heavy atom. The first-order valence-corrected chi connectivity index (χ1v) is 7.61. The Morgan fingerprint density at radius 1 is 1.19 bits per heavy atom. The fraction of sp³-hybridized carbons (Fsp3) is 0.529. The zero-order chi connectivity index (χ0) is 15.2. The van der Waals surface area contributed by atoms with Crippen molar-refractivity contribution < 1.29 is 14.3 Å². The lowest BCUT2D eigenvalue weighted by Crippen LogP contribution is -2.39. The van der Waals surface area contributed by atoms with Gasteiger partial charge in [-0.3, -0.25) is 9.59 Å². The van der Waals surface area contributed by atoms with Crippen LogP contribution in [0.3, 0.4) is 0 Å². The van der Waals surface area contributed by atoms with Gasteiger partial charge >= 0.3 is 5.97 Å². The zero-order valence-corrected chi connectivity index (χ0v) is 12.8. The van der Waals surface area contributed by atoms with Gasteiger partial charge in [0.1, 0.15) is 0 Å². The summed E-state index contributed by atoms with van der Waals surface area (Å²) in [4.78, 5) is 25.7. The highest BCUT2D eigenvalue weighted by Crippen LogP contribution is 2.22. The number of hydrogen-bond acceptors (Lipinski definition) is 3. The SMILES string of the molecule is CCOC(=O)CC1CCN(C(=O)c2ccc(C)cc2)CC1. The summed E-state index contributed by atoms with van der Waals surface area (Å²) in [5.74, 6) is 0.302. The van der Waals surface area contributed by atoms with E-state index >= 15 is 0 Å². The van der Waals surface area contributed by atoms with Crippen molar-refractivity contribution >= 4 is 11.9 Å². The van der Waals surface area contributed by atoms with E-state index in [0.29, 0.717) is 18.9 Å². The lowest BCUT2D eigenvalue weighted by Gasteiger charge is -2.31. The Bertz CT molecular complexity index is 487. The quantitative estimate of drug-likeness (QED) is 0.801. The first kappa shape index (κ1) is 15.5. The van der Waals surface area contributed by atoms with E-state index in [9.17, 15) is 9.59 Å². The number of aryl methyl sites for hydroxylation is 1. The van der Waals surface area contributed by atoms with Crippen LogP contribution in [0.5, 0.6) is 0 Å². The van der Waals surface area contributed by atoms with Crippen LogP contribution < -0.4 is 0 Å². The number of likely N-dealkylation sites (tertiary alicyclic amines) is 1. The summed E-state index contributed by atoms with van der Waals surface area (Å²) in [6.45, 7) is 5.70. The van der Waals surface area contributed by atoms with Crippen molar-refractivity contribution in [3.63, 3.8) is 0 Å². The van der Waals surface area contributed by atoms with E-state index in [2.05, 4.69) is 0 Å². The predicted octanol–water partition coefficient (Wildman–Crippen LogP) is 2.80. The van der Waals surface area contributed by atoms with E-state index in [0.717, 1.165) is 37.1 Å². The van der Waals surface area contributed by atoms with Gasteiger partial charge in [0.05, 0.1) is 6.61 Å². The van der Waals surface area contributed by atoms with Crippen LogP contribution in [0.25, 0.3) is 0 Å². The smallest absolute Gasteiger partial charge is 0.306 e. The van der Waals surface area contributed by atoms with Crippen LogP contribution >= 0.6 is 0 Å². The maximum Gasteiger partial charge on any atom is 0.306 e. The molecule has 1 aromatic carbocycles. The lowest BCUT2D eigenvalue weighted by molar-refractivity contribution is -0.144. The summed E-state index contributed by atoms with van der Waals surface area (Å²) in [5.41, 5.74) is 1.89. The summed E-state index contributed by atoms with van der Waals surface area (Å²) in [5, 5.41) is 0. The molecule has 1 aliphatic rings. The molecule has 21 heavy (non-hydrogen) atoms. The highest BCUT2D eigenvalue weighted by Gasteiger charge is 2.25. The summed E-state index contributed by atoms with van der Waals surface area (Å²) in [6.07, 6.45) is 2.22. The number of benzene rings is 1. The molecule has 114 valence electrons. The van der Waals surface area contributed by atoms with E-state index in [1.165, 1.54) is 0 Å². The second-order valence-corrected chi connectivity index (χ2v) is 5.61. The number of amides is 1. The molecule has 1 amide bonds. The van der Waals surface area contributed by atoms with Crippen molar-refractivity contribution in [2.75, 3.05) is 19.7 Å². The van der Waals surface area contributed by atoms with Crippen LogP contribution in [0, 0.1) is 12.8 Å². The fourth-order valence-electron chi connectivity index (χ4n) is 2.67. The molecule has 0 radical (unpaired) electrons. The average Bonchev–Trinajstić information content (AvgIpc) is 2.48. The number of carbonyl (C=O) groups is 2. The van der Waals surface area contributed by atoms with Crippen LogP contribution in [0.2, 0.25) is 0 Å². The Hall–Kier alpha value is -1.84. The summed E-state index contributed by atoms with van der Waals surface area (Å²) >= 11 is 0. The molecule has 1 fully saturated rings. The van der Waals surface area contributed by atoms with Crippen molar-refractivity contribution in [3.8, 4) is 0 Å². The first-order valence-electron chi connectivity index (χ1n) is 7.61. The van der Waals surface area contributed by atoms with Crippen LogP contribution in [0.1, 0.15) is 42.1 Å². The van der Waals surface area contributed by atoms with E-state index in [-0.39, 0.29) is 11.9 Å². The molecular formula is C17H23NO3. The second-order valence-electron chi connectivity index (χ2n) is 5.61. The van der Waals surface area contributed by atoms with Crippen LogP contribution in [0.4, 0.5) is 0 Å². The third-order valence-electron chi connectivity index (χ3n) is 3.96. The van der Waals surface area contributed by atoms with E-state index in [4.69, 9.17) is 4.74 Å². The molecule has 0 aliphatic carbocycles. The minimum Gasteiger partial charge on any atom is -0.466 e. The van der Waals surface area contributed by atoms with Crippen molar-refractivity contribution in [1.29, 1.82) is 0 Å². The number of ether oxygens (including phenoxy) is 1. The lowest BCUT2D eigenvalue weighted by atomic mass is 9.93. The second kappa shape index (κ2) is 7.25. The highest BCUT2D eigenvalue weighted by molar-refractivity contribution is 5.94. The molecule has 0 unspecified atom stereocenters. The first-order chi connectivity index (χ1) is 10.1. The standard InChI is InChI=1S/C17H23NO3/c1-3-21-16(19)12-14-8-10-18(11-9-14)17(20)15-6-4-13(2)5-7-15/h4-7,14H,3,8-12H2,1-2H3. The number of rotatable bonds is 4. The topological polar surface area (TPSA) is 46.6 Å². The molecule has 0 spiro atoms. The highest BCUT2D eigenvalue weighted by atomic mass is 16.5. The van der Waals surface area contributed by atoms with Crippen molar-refractivity contribution in [3.05, 3.63) is 35.4 Å². The Labute approximate surface area is 126 Å². The summed E-state index contributed by atoms with van der Waals surface area (Å²) < 4.78 is 4.98. The van der Waals surface area contributed by atoms with Gasteiger partial charge in [0.15, 0.2) is 0 Å². The maximum atomic E-state index is 12.4. The van der Waals surface area contributed by atoms with Crippen LogP contribution in [-0.4, -0.2) is 36.5 Å². The van der Waals surface area contributed by atoms with Gasteiger partial charge in [-0.15, -0.1) is 0 Å². The predicted molar refractivity (Wildman–Crippen MR) is 81.1 cm³/mol. The van der Waals surface area contributed by atoms with Crippen LogP contribution in [0.15, 0.2) is 24.3 Å². The number of esters is 1. The molecule has 0 aromatic heterocycles. The molecule has 4 heteroatoms. The van der Waals surface area contributed by atoms with E-state index in [1.54, 1.807) is 0 Å². The van der Waals surface area contributed by atoms with Gasteiger partial charge < -0.3 is 9.64 Å². The molecule has 0 N–H and O–H groups in total. The minimum absolute atomic E-state index is 0.0876. The van der Waals surface area contributed by atoms with Crippen molar-refractivity contribution in [2.24, 2.45) is 5.92 Å². The van der Waals surface area contributed by atoms with E-state index < -0.39 is 0 Å². The number of hydrogen-bond donors (Lipinski definition) is 0. The van der Waals surface area contributed by atoms with Crippen molar-refractivity contribution in [2.45, 2.75) is 33.1 Å². The van der Waals surface area contributed by atoms with Gasteiger partial charge in [-0.1, -0.05) is 17.7 Å². The van der Waals surface area contributed by atoms with Gasteiger partial charge in [-0.25, -0.2) is 0 Å². The van der Waals surface area contributed by atoms with E-state index in [1.807, 2.05) is 43.0 Å². The van der Waals surface area contributed by atoms with Gasteiger partial charge in [0.25, 0.3) is 5.91 Å². The molecule has 2 rings (SSSR count). The fourth-order valence-corrected chi connectivity index (χ4v) is 2.67. The van der Waals surface area contributed by atoms with Crippen LogP contribution in [-0.2, 0) is 9.53 Å². The Morgan fingerprint density at radius 3 is 2.38 bits per heavy atom. The number of carbonyl (C=O) groups excluding carboxylic acids is 2. The molecule has 1 aliphatic heterocycles. The number of piperidine rings is 1. The van der Waals surface area contributed by atoms with Crippen molar-refractivity contribution in [1.82, 2.24) is 4.90 Å². The number of nitrogens with zero attached hydrogens (tertiary/aromatic N) is 1. The minimum atomic E-state index is -0.124. The molecule has 1 aromatic rings. The molecule has 0 bridgehead atoms. The maximum absolute atomic E-state index is 12.4. The zero-order valence-electron chi connectivity index (χ0n) is 12.8. The molecular weight excluding hydrogens is 266 g/mol. The van der Waals surface area contributed by atoms with Gasteiger partial charge in [-0.2, -0.15) is 0 Å². The monoisotopic (exact) mass is 289 g/mol. The molecule has 0 atom stereocenters. The Kier molecular flexibility index (Phi) is 5.37. The van der Waals surface area contributed by atoms with Gasteiger partial charge in [0, 0.05) is 25.1 Å². The molecule has 0 saturated carbocycles. The summed E-state index contributed by atoms with van der Waals surface area (Å²) in [6, 6.07) is 7.67. The Balaban J connectivity index is 1.84. The molecule has 1 heterocycles. The van der Waals surface area contributed by atoms with Gasteiger partial charge in [-0.05, 0) is 44.7 Å². The molecule has 1 saturated heterocycles. The third-order valence-corrected chi connectivity index (χ3v) is 3.96. The normalized spacial score (nSPS) is 15.8. The summed E-state index contributed by atoms with van der Waals surface area (Å²) in [7, 11) is 0. The van der Waals surface area contributed by atoms with Gasteiger partial charge in [0.2, 0.25) is 0 Å². The third kappa shape index (κ3) is 4.31.